The Balaban J connectivity index is 0.000000561. The Morgan fingerprint density at radius 1 is 1.17 bits per heavy atom. The molecule has 0 bridgehead atoms. The maximum Gasteiger partial charge on any atom is 0.181 e. The lowest BCUT2D eigenvalue weighted by Gasteiger charge is -1.98. The minimum Gasteiger partial charge on any atom is -0.396 e. The predicted octanol–water partition coefficient (Wildman–Crippen LogP) is 2.88. The van der Waals surface area contributed by atoms with Gasteiger partial charge in [-0.05, 0) is 24.6 Å². The highest BCUT2D eigenvalue weighted by Gasteiger charge is 2.04. The molecule has 1 aromatic rings. The van der Waals surface area contributed by atoms with E-state index in [4.69, 9.17) is 5.73 Å². The molecule has 1 nitrogen and oxygen atoms in total. The van der Waals surface area contributed by atoms with E-state index in [9.17, 15) is 8.78 Å². The standard InChI is InChI=1S/C7H7F2N.C2H6/c1-4-2-5(8)7(9)6(10)3-4;1-2/h2-3H,10H2,1H3;1-2H3. The first-order chi connectivity index (χ1) is 5.61. The number of hydrogen-bond acceptors (Lipinski definition) is 1. The molecule has 0 aliphatic carbocycles. The summed E-state index contributed by atoms with van der Waals surface area (Å²) in [5, 5.41) is 0. The quantitative estimate of drug-likeness (QED) is 0.600. The van der Waals surface area contributed by atoms with Gasteiger partial charge in [0.15, 0.2) is 11.6 Å². The summed E-state index contributed by atoms with van der Waals surface area (Å²) in [5.74, 6) is -1.86. The maximum absolute atomic E-state index is 12.4. The van der Waals surface area contributed by atoms with Gasteiger partial charge in [0.1, 0.15) is 0 Å². The summed E-state index contributed by atoms with van der Waals surface area (Å²) in [6.45, 7) is 5.65. The van der Waals surface area contributed by atoms with Crippen molar-refractivity contribution < 1.29 is 8.78 Å². The molecule has 0 unspecified atom stereocenters. The summed E-state index contributed by atoms with van der Waals surface area (Å²) in [6, 6.07) is 2.49. The Hall–Kier alpha value is -1.12. The van der Waals surface area contributed by atoms with Crippen LogP contribution >= 0.6 is 0 Å². The highest BCUT2D eigenvalue weighted by Crippen LogP contribution is 2.15. The van der Waals surface area contributed by atoms with E-state index in [1.807, 2.05) is 13.8 Å². The van der Waals surface area contributed by atoms with Gasteiger partial charge in [0.05, 0.1) is 5.69 Å². The van der Waals surface area contributed by atoms with Crippen molar-refractivity contribution in [2.45, 2.75) is 20.8 Å². The molecule has 0 saturated heterocycles. The molecule has 0 fully saturated rings. The van der Waals surface area contributed by atoms with Gasteiger partial charge in [-0.15, -0.1) is 0 Å². The molecule has 2 N–H and O–H groups in total. The molecule has 0 amide bonds. The molecule has 0 aliphatic rings. The zero-order valence-electron chi connectivity index (χ0n) is 7.49. The Bertz CT molecular complexity index is 236. The van der Waals surface area contributed by atoms with E-state index in [1.165, 1.54) is 6.07 Å². The fraction of sp³-hybridized carbons (Fsp3) is 0.333. The number of nitrogen functional groups attached to an aromatic ring is 1. The highest BCUT2D eigenvalue weighted by atomic mass is 19.2. The average molecular weight is 173 g/mol. The Kier molecular flexibility index (Phi) is 4.26. The largest absolute Gasteiger partial charge is 0.396 e. The van der Waals surface area contributed by atoms with Crippen LogP contribution in [0.15, 0.2) is 12.1 Å². The number of halogens is 2. The van der Waals surface area contributed by atoms with E-state index < -0.39 is 11.6 Å². The summed E-state index contributed by atoms with van der Waals surface area (Å²) >= 11 is 0. The first kappa shape index (κ1) is 10.9. The maximum atomic E-state index is 12.4. The summed E-state index contributed by atoms with van der Waals surface area (Å²) in [6.07, 6.45) is 0. The zero-order valence-corrected chi connectivity index (χ0v) is 7.49. The zero-order chi connectivity index (χ0) is 9.72. The third kappa shape index (κ3) is 2.49. The molecular weight excluding hydrogens is 160 g/mol. The van der Waals surface area contributed by atoms with Crippen molar-refractivity contribution in [1.29, 1.82) is 0 Å². The van der Waals surface area contributed by atoms with Crippen molar-refractivity contribution in [2.24, 2.45) is 0 Å². The van der Waals surface area contributed by atoms with Gasteiger partial charge in [0.2, 0.25) is 0 Å². The summed E-state index contributed by atoms with van der Waals surface area (Å²) in [4.78, 5) is 0. The van der Waals surface area contributed by atoms with Gasteiger partial charge < -0.3 is 5.73 Å². The van der Waals surface area contributed by atoms with Gasteiger partial charge >= 0.3 is 0 Å². The Morgan fingerprint density at radius 3 is 2.08 bits per heavy atom. The number of anilines is 1. The molecule has 12 heavy (non-hydrogen) atoms. The third-order valence-electron chi connectivity index (χ3n) is 1.20. The lowest BCUT2D eigenvalue weighted by molar-refractivity contribution is 0.511. The van der Waals surface area contributed by atoms with Gasteiger partial charge in [0, 0.05) is 0 Å². The second-order valence-corrected chi connectivity index (χ2v) is 2.15. The van der Waals surface area contributed by atoms with Crippen molar-refractivity contribution >= 4 is 5.69 Å². The van der Waals surface area contributed by atoms with Crippen LogP contribution in [0.3, 0.4) is 0 Å². The first-order valence-electron chi connectivity index (χ1n) is 3.82. The summed E-state index contributed by atoms with van der Waals surface area (Å²) < 4.78 is 24.8. The first-order valence-corrected chi connectivity index (χ1v) is 3.82. The molecule has 1 rings (SSSR count). The Morgan fingerprint density at radius 2 is 1.67 bits per heavy atom. The van der Waals surface area contributed by atoms with Gasteiger partial charge in [-0.1, -0.05) is 13.8 Å². The molecule has 0 radical (unpaired) electrons. The van der Waals surface area contributed by atoms with Crippen molar-refractivity contribution in [2.75, 3.05) is 5.73 Å². The van der Waals surface area contributed by atoms with E-state index in [2.05, 4.69) is 0 Å². The monoisotopic (exact) mass is 173 g/mol. The van der Waals surface area contributed by atoms with Crippen LogP contribution in [0.1, 0.15) is 19.4 Å². The van der Waals surface area contributed by atoms with Crippen LogP contribution in [0.2, 0.25) is 0 Å². The van der Waals surface area contributed by atoms with Gasteiger partial charge in [0.25, 0.3) is 0 Å². The average Bonchev–Trinajstić information content (AvgIpc) is 2.04. The van der Waals surface area contributed by atoms with Crippen molar-refractivity contribution in [3.05, 3.63) is 29.3 Å². The number of hydrogen-bond donors (Lipinski definition) is 1. The number of benzene rings is 1. The third-order valence-corrected chi connectivity index (χ3v) is 1.20. The SMILES string of the molecule is CC.Cc1cc(N)c(F)c(F)c1. The molecule has 0 heterocycles. The number of rotatable bonds is 0. The normalized spacial score (nSPS) is 8.75. The highest BCUT2D eigenvalue weighted by molar-refractivity contribution is 5.42. The molecule has 3 heteroatoms. The van der Waals surface area contributed by atoms with Gasteiger partial charge in [-0.3, -0.25) is 0 Å². The molecular formula is C9H13F2N. The van der Waals surface area contributed by atoms with Crippen LogP contribution in [-0.4, -0.2) is 0 Å². The van der Waals surface area contributed by atoms with Crippen molar-refractivity contribution in [3.63, 3.8) is 0 Å². The van der Waals surface area contributed by atoms with Crippen LogP contribution in [-0.2, 0) is 0 Å². The summed E-state index contributed by atoms with van der Waals surface area (Å²) in [5.41, 5.74) is 5.59. The van der Waals surface area contributed by atoms with E-state index in [0.717, 1.165) is 6.07 Å². The summed E-state index contributed by atoms with van der Waals surface area (Å²) in [7, 11) is 0. The van der Waals surface area contributed by atoms with Crippen LogP contribution in [0.25, 0.3) is 0 Å². The van der Waals surface area contributed by atoms with E-state index in [-0.39, 0.29) is 5.69 Å². The molecule has 0 saturated carbocycles. The minimum atomic E-state index is -0.967. The molecule has 68 valence electrons. The molecule has 0 atom stereocenters. The van der Waals surface area contributed by atoms with E-state index >= 15 is 0 Å². The second kappa shape index (κ2) is 4.70. The second-order valence-electron chi connectivity index (χ2n) is 2.15. The molecule has 0 aromatic heterocycles. The minimum absolute atomic E-state index is 0.141. The molecule has 1 aromatic carbocycles. The van der Waals surface area contributed by atoms with Crippen LogP contribution in [0, 0.1) is 18.6 Å². The lowest BCUT2D eigenvalue weighted by Crippen LogP contribution is -1.94. The van der Waals surface area contributed by atoms with Crippen LogP contribution in [0.5, 0.6) is 0 Å². The predicted molar refractivity (Wildman–Crippen MR) is 46.9 cm³/mol. The lowest BCUT2D eigenvalue weighted by atomic mass is 10.2. The number of aryl methyl sites for hydroxylation is 1. The molecule has 0 aliphatic heterocycles. The van der Waals surface area contributed by atoms with E-state index in [0.29, 0.717) is 5.56 Å². The topological polar surface area (TPSA) is 26.0 Å². The smallest absolute Gasteiger partial charge is 0.181 e. The molecule has 0 spiro atoms. The fourth-order valence-corrected chi connectivity index (χ4v) is 0.751. The van der Waals surface area contributed by atoms with Gasteiger partial charge in [-0.25, -0.2) is 8.78 Å². The van der Waals surface area contributed by atoms with Crippen LogP contribution < -0.4 is 5.73 Å². The van der Waals surface area contributed by atoms with Gasteiger partial charge in [-0.2, -0.15) is 0 Å². The fourth-order valence-electron chi connectivity index (χ4n) is 0.751. The Labute approximate surface area is 71.2 Å². The van der Waals surface area contributed by atoms with Crippen LogP contribution in [0.4, 0.5) is 14.5 Å². The van der Waals surface area contributed by atoms with Crippen molar-refractivity contribution in [3.8, 4) is 0 Å². The van der Waals surface area contributed by atoms with Crippen molar-refractivity contribution in [1.82, 2.24) is 0 Å². The van der Waals surface area contributed by atoms with E-state index in [1.54, 1.807) is 6.92 Å². The number of nitrogens with two attached hydrogens (primary N) is 1.